The molecule has 124 valence electrons. The Morgan fingerprint density at radius 1 is 1.18 bits per heavy atom. The monoisotopic (exact) mass is 301 g/mol. The molecule has 1 aliphatic carbocycles. The predicted octanol–water partition coefficient (Wildman–Crippen LogP) is 6.15. The number of aromatic nitrogens is 1. The lowest BCUT2D eigenvalue weighted by Crippen LogP contribution is -2.29. The molecule has 0 bridgehead atoms. The second-order valence-corrected chi connectivity index (χ2v) is 8.14. The Morgan fingerprint density at radius 2 is 1.91 bits per heavy atom. The van der Waals surface area contributed by atoms with Crippen molar-refractivity contribution in [3.05, 3.63) is 29.1 Å². The van der Waals surface area contributed by atoms with Crippen LogP contribution in [0, 0.1) is 30.6 Å². The standard InChI is InChI=1S/C21H35N/c1-7-18-9-8-17(12-21(18)15(4)5)11-19-13-22-16(6)10-20(19)14(2)3/h10,13-15,17-18,21H,7-9,11-12H2,1-6H3/t17?,18?,21-/m1/s1. The molecule has 1 aliphatic rings. The molecular weight excluding hydrogens is 266 g/mol. The van der Waals surface area contributed by atoms with E-state index in [2.05, 4.69) is 58.8 Å². The minimum atomic E-state index is 0.601. The zero-order chi connectivity index (χ0) is 16.3. The van der Waals surface area contributed by atoms with Gasteiger partial charge in [0.1, 0.15) is 0 Å². The lowest BCUT2D eigenvalue weighted by molar-refractivity contribution is 0.131. The molecule has 1 heteroatoms. The zero-order valence-electron chi connectivity index (χ0n) is 15.5. The van der Waals surface area contributed by atoms with Crippen molar-refractivity contribution in [3.8, 4) is 0 Å². The number of nitrogens with zero attached hydrogens (tertiary/aromatic N) is 1. The molecule has 1 aromatic rings. The van der Waals surface area contributed by atoms with Gasteiger partial charge in [-0.3, -0.25) is 4.98 Å². The molecule has 1 heterocycles. The van der Waals surface area contributed by atoms with Crippen molar-refractivity contribution in [2.75, 3.05) is 0 Å². The Kier molecular flexibility index (Phi) is 6.06. The highest BCUT2D eigenvalue weighted by molar-refractivity contribution is 5.29. The lowest BCUT2D eigenvalue weighted by Gasteiger charge is -2.38. The largest absolute Gasteiger partial charge is 0.261 e. The van der Waals surface area contributed by atoms with E-state index >= 15 is 0 Å². The summed E-state index contributed by atoms with van der Waals surface area (Å²) in [5, 5.41) is 0. The van der Waals surface area contributed by atoms with Crippen LogP contribution in [-0.4, -0.2) is 4.98 Å². The quantitative estimate of drug-likeness (QED) is 0.635. The van der Waals surface area contributed by atoms with Crippen molar-refractivity contribution in [3.63, 3.8) is 0 Å². The van der Waals surface area contributed by atoms with Crippen LogP contribution in [0.25, 0.3) is 0 Å². The molecule has 0 amide bonds. The van der Waals surface area contributed by atoms with Crippen LogP contribution < -0.4 is 0 Å². The average Bonchev–Trinajstić information content (AvgIpc) is 2.48. The third-order valence-corrected chi connectivity index (χ3v) is 5.83. The van der Waals surface area contributed by atoms with E-state index in [9.17, 15) is 0 Å². The number of aryl methyl sites for hydroxylation is 1. The van der Waals surface area contributed by atoms with Gasteiger partial charge >= 0.3 is 0 Å². The van der Waals surface area contributed by atoms with Crippen LogP contribution in [0.1, 0.15) is 83.0 Å². The number of hydrogen-bond acceptors (Lipinski definition) is 1. The Labute approximate surface area is 137 Å². The Balaban J connectivity index is 2.11. The van der Waals surface area contributed by atoms with Crippen LogP contribution in [0.2, 0.25) is 0 Å². The van der Waals surface area contributed by atoms with E-state index in [1.165, 1.54) is 43.2 Å². The van der Waals surface area contributed by atoms with Crippen LogP contribution in [0.3, 0.4) is 0 Å². The van der Waals surface area contributed by atoms with Gasteiger partial charge in [0.25, 0.3) is 0 Å². The van der Waals surface area contributed by atoms with Crippen LogP contribution in [0.5, 0.6) is 0 Å². The third kappa shape index (κ3) is 4.12. The van der Waals surface area contributed by atoms with E-state index in [1.54, 1.807) is 0 Å². The van der Waals surface area contributed by atoms with Crippen LogP contribution >= 0.6 is 0 Å². The molecule has 2 unspecified atom stereocenters. The molecule has 1 saturated carbocycles. The van der Waals surface area contributed by atoms with Crippen molar-refractivity contribution in [1.82, 2.24) is 4.98 Å². The van der Waals surface area contributed by atoms with Gasteiger partial charge in [-0.15, -0.1) is 0 Å². The van der Waals surface area contributed by atoms with Gasteiger partial charge in [-0.25, -0.2) is 0 Å². The van der Waals surface area contributed by atoms with Crippen molar-refractivity contribution in [2.45, 2.75) is 79.6 Å². The summed E-state index contributed by atoms with van der Waals surface area (Å²) in [6.07, 6.45) is 9.01. The Hall–Kier alpha value is -0.850. The first-order valence-corrected chi connectivity index (χ1v) is 9.37. The molecule has 1 aromatic heterocycles. The predicted molar refractivity (Wildman–Crippen MR) is 96.2 cm³/mol. The SMILES string of the molecule is CCC1CCC(Cc2cnc(C)cc2C(C)C)C[C@@H]1C(C)C. The summed E-state index contributed by atoms with van der Waals surface area (Å²) in [5.41, 5.74) is 4.18. The van der Waals surface area contributed by atoms with E-state index in [0.29, 0.717) is 5.92 Å². The number of pyridine rings is 1. The average molecular weight is 302 g/mol. The first kappa shape index (κ1) is 17.5. The van der Waals surface area contributed by atoms with E-state index in [1.807, 2.05) is 0 Å². The van der Waals surface area contributed by atoms with Gasteiger partial charge in [0.2, 0.25) is 0 Å². The molecule has 22 heavy (non-hydrogen) atoms. The Morgan fingerprint density at radius 3 is 2.50 bits per heavy atom. The second kappa shape index (κ2) is 7.62. The molecule has 0 saturated heterocycles. The maximum Gasteiger partial charge on any atom is 0.0375 e. The van der Waals surface area contributed by atoms with Gasteiger partial charge in [-0.2, -0.15) is 0 Å². The minimum Gasteiger partial charge on any atom is -0.261 e. The van der Waals surface area contributed by atoms with E-state index in [4.69, 9.17) is 0 Å². The highest BCUT2D eigenvalue weighted by atomic mass is 14.7. The zero-order valence-corrected chi connectivity index (χ0v) is 15.5. The summed E-state index contributed by atoms with van der Waals surface area (Å²) in [6.45, 7) is 13.9. The molecule has 3 atom stereocenters. The molecular formula is C21H35N. The van der Waals surface area contributed by atoms with Gasteiger partial charge in [-0.1, -0.05) is 41.0 Å². The minimum absolute atomic E-state index is 0.601. The van der Waals surface area contributed by atoms with Crippen molar-refractivity contribution in [2.24, 2.45) is 23.7 Å². The summed E-state index contributed by atoms with van der Waals surface area (Å²) in [5.74, 6) is 4.16. The second-order valence-electron chi connectivity index (χ2n) is 8.14. The highest BCUT2D eigenvalue weighted by Crippen LogP contribution is 2.41. The maximum atomic E-state index is 4.57. The van der Waals surface area contributed by atoms with Crippen LogP contribution in [0.4, 0.5) is 0 Å². The molecule has 0 aromatic carbocycles. The Bertz CT molecular complexity index is 475. The van der Waals surface area contributed by atoms with Gasteiger partial charge < -0.3 is 0 Å². The lowest BCUT2D eigenvalue weighted by atomic mass is 9.67. The first-order chi connectivity index (χ1) is 10.4. The van der Waals surface area contributed by atoms with E-state index < -0.39 is 0 Å². The summed E-state index contributed by atoms with van der Waals surface area (Å²) < 4.78 is 0. The molecule has 0 aliphatic heterocycles. The molecule has 0 spiro atoms. The summed E-state index contributed by atoms with van der Waals surface area (Å²) in [4.78, 5) is 4.57. The molecule has 1 fully saturated rings. The highest BCUT2D eigenvalue weighted by Gasteiger charge is 2.31. The van der Waals surface area contributed by atoms with Gasteiger partial charge in [-0.05, 0) is 79.4 Å². The maximum absolute atomic E-state index is 4.57. The molecule has 2 rings (SSSR count). The van der Waals surface area contributed by atoms with E-state index in [0.717, 1.165) is 29.4 Å². The fraction of sp³-hybridized carbons (Fsp3) is 0.762. The van der Waals surface area contributed by atoms with Crippen LogP contribution in [-0.2, 0) is 6.42 Å². The topological polar surface area (TPSA) is 12.9 Å². The van der Waals surface area contributed by atoms with Crippen molar-refractivity contribution >= 4 is 0 Å². The van der Waals surface area contributed by atoms with E-state index in [-0.39, 0.29) is 0 Å². The number of rotatable bonds is 5. The summed E-state index contributed by atoms with van der Waals surface area (Å²) >= 11 is 0. The molecule has 0 radical (unpaired) electrons. The molecule has 1 nitrogen and oxygen atoms in total. The normalized spacial score (nSPS) is 25.9. The van der Waals surface area contributed by atoms with Gasteiger partial charge in [0.05, 0.1) is 0 Å². The first-order valence-electron chi connectivity index (χ1n) is 9.37. The fourth-order valence-corrected chi connectivity index (χ4v) is 4.50. The van der Waals surface area contributed by atoms with Crippen molar-refractivity contribution < 1.29 is 0 Å². The third-order valence-electron chi connectivity index (χ3n) is 5.83. The van der Waals surface area contributed by atoms with Gasteiger partial charge in [0, 0.05) is 11.9 Å². The van der Waals surface area contributed by atoms with Crippen LogP contribution in [0.15, 0.2) is 12.3 Å². The van der Waals surface area contributed by atoms with Gasteiger partial charge in [0.15, 0.2) is 0 Å². The summed E-state index contributed by atoms with van der Waals surface area (Å²) in [6, 6.07) is 2.30. The summed E-state index contributed by atoms with van der Waals surface area (Å²) in [7, 11) is 0. The number of hydrogen-bond donors (Lipinski definition) is 0. The molecule has 0 N–H and O–H groups in total. The van der Waals surface area contributed by atoms with Crippen molar-refractivity contribution in [1.29, 1.82) is 0 Å². The smallest absolute Gasteiger partial charge is 0.0375 e. The fourth-order valence-electron chi connectivity index (χ4n) is 4.50.